The smallest absolute Gasteiger partial charge is 0.231 e. The summed E-state index contributed by atoms with van der Waals surface area (Å²) in [5, 5.41) is 14.7. The summed E-state index contributed by atoms with van der Waals surface area (Å²) in [6.07, 6.45) is 5.07. The first-order chi connectivity index (χ1) is 9.70. The molecule has 0 saturated carbocycles. The van der Waals surface area contributed by atoms with E-state index in [0.717, 1.165) is 11.3 Å². The standard InChI is InChI=1S/C13H13N5OS/c1-3-7-14-12(19)9-20-13-15-16-17-18(13)11-6-4-5-10(2)8-11/h1,4-6,8H,7,9H2,2H3,(H,14,19). The minimum absolute atomic E-state index is 0.147. The van der Waals surface area contributed by atoms with Gasteiger partial charge in [-0.1, -0.05) is 29.8 Å². The highest BCUT2D eigenvalue weighted by Gasteiger charge is 2.11. The summed E-state index contributed by atoms with van der Waals surface area (Å²) in [7, 11) is 0. The summed E-state index contributed by atoms with van der Waals surface area (Å²) < 4.78 is 1.60. The van der Waals surface area contributed by atoms with Crippen molar-refractivity contribution in [1.82, 2.24) is 25.5 Å². The van der Waals surface area contributed by atoms with Crippen molar-refractivity contribution < 1.29 is 4.79 Å². The average Bonchev–Trinajstić information content (AvgIpc) is 2.91. The Balaban J connectivity index is 2.06. The normalized spacial score (nSPS) is 10.0. The topological polar surface area (TPSA) is 72.7 Å². The van der Waals surface area contributed by atoms with Gasteiger partial charge in [-0.15, -0.1) is 11.5 Å². The predicted octanol–water partition coefficient (Wildman–Crippen LogP) is 0.812. The molecule has 0 radical (unpaired) electrons. The number of aryl methyl sites for hydroxylation is 1. The van der Waals surface area contributed by atoms with Crippen LogP contribution in [0.4, 0.5) is 0 Å². The van der Waals surface area contributed by atoms with Gasteiger partial charge in [0, 0.05) is 0 Å². The molecule has 0 unspecified atom stereocenters. The van der Waals surface area contributed by atoms with E-state index in [2.05, 4.69) is 26.8 Å². The summed E-state index contributed by atoms with van der Waals surface area (Å²) in [5.74, 6) is 2.42. The minimum Gasteiger partial charge on any atom is -0.344 e. The van der Waals surface area contributed by atoms with Crippen LogP contribution in [0.3, 0.4) is 0 Å². The summed E-state index contributed by atoms with van der Waals surface area (Å²) in [6, 6.07) is 7.80. The quantitative estimate of drug-likeness (QED) is 0.651. The number of aromatic nitrogens is 4. The van der Waals surface area contributed by atoms with Gasteiger partial charge in [0.2, 0.25) is 11.1 Å². The molecule has 0 bridgehead atoms. The van der Waals surface area contributed by atoms with E-state index in [9.17, 15) is 4.79 Å². The molecule has 0 spiro atoms. The van der Waals surface area contributed by atoms with Crippen LogP contribution in [0.2, 0.25) is 0 Å². The molecule has 0 aliphatic heterocycles. The Morgan fingerprint density at radius 1 is 1.55 bits per heavy atom. The number of terminal acetylenes is 1. The van der Waals surface area contributed by atoms with Gasteiger partial charge in [-0.2, -0.15) is 4.68 Å². The molecule has 7 heteroatoms. The van der Waals surface area contributed by atoms with Gasteiger partial charge in [-0.25, -0.2) is 0 Å². The lowest BCUT2D eigenvalue weighted by molar-refractivity contribution is -0.118. The Kier molecular flexibility index (Phi) is 4.74. The largest absolute Gasteiger partial charge is 0.344 e. The number of carbonyl (C=O) groups excluding carboxylic acids is 1. The number of tetrazole rings is 1. The van der Waals surface area contributed by atoms with E-state index in [1.54, 1.807) is 4.68 Å². The molecule has 1 aromatic carbocycles. The molecule has 0 fully saturated rings. The number of benzene rings is 1. The molecule has 0 atom stereocenters. The van der Waals surface area contributed by atoms with Crippen molar-refractivity contribution in [3.05, 3.63) is 29.8 Å². The summed E-state index contributed by atoms with van der Waals surface area (Å²) in [5.41, 5.74) is 1.97. The van der Waals surface area contributed by atoms with Gasteiger partial charge >= 0.3 is 0 Å². The number of nitrogens with one attached hydrogen (secondary N) is 1. The van der Waals surface area contributed by atoms with Crippen molar-refractivity contribution in [3.8, 4) is 18.0 Å². The number of hydrogen-bond acceptors (Lipinski definition) is 5. The van der Waals surface area contributed by atoms with Gasteiger partial charge in [0.25, 0.3) is 0 Å². The first-order valence-electron chi connectivity index (χ1n) is 5.89. The minimum atomic E-state index is -0.147. The van der Waals surface area contributed by atoms with E-state index in [1.807, 2.05) is 31.2 Å². The van der Waals surface area contributed by atoms with Gasteiger partial charge in [0.05, 0.1) is 18.0 Å². The van der Waals surface area contributed by atoms with Gasteiger partial charge < -0.3 is 5.32 Å². The highest BCUT2D eigenvalue weighted by molar-refractivity contribution is 7.99. The van der Waals surface area contributed by atoms with E-state index in [-0.39, 0.29) is 18.2 Å². The van der Waals surface area contributed by atoms with Crippen LogP contribution < -0.4 is 5.32 Å². The lowest BCUT2D eigenvalue weighted by Crippen LogP contribution is -2.25. The first-order valence-corrected chi connectivity index (χ1v) is 6.87. The molecule has 6 nitrogen and oxygen atoms in total. The third kappa shape index (κ3) is 3.59. The molecule has 0 saturated heterocycles. The van der Waals surface area contributed by atoms with Gasteiger partial charge in [-0.05, 0) is 35.0 Å². The van der Waals surface area contributed by atoms with Gasteiger partial charge in [0.15, 0.2) is 0 Å². The number of rotatable bonds is 5. The second kappa shape index (κ2) is 6.73. The van der Waals surface area contributed by atoms with E-state index in [0.29, 0.717) is 5.16 Å². The molecule has 1 heterocycles. The molecule has 0 aliphatic rings. The number of hydrogen-bond donors (Lipinski definition) is 1. The number of thioether (sulfide) groups is 1. The van der Waals surface area contributed by atoms with Crippen LogP contribution in [-0.4, -0.2) is 38.4 Å². The van der Waals surface area contributed by atoms with Crippen molar-refractivity contribution in [3.63, 3.8) is 0 Å². The fourth-order valence-corrected chi connectivity index (χ4v) is 2.24. The van der Waals surface area contributed by atoms with Crippen molar-refractivity contribution in [2.75, 3.05) is 12.3 Å². The number of amides is 1. The molecule has 0 aliphatic carbocycles. The Bertz CT molecular complexity index is 646. The molecule has 1 N–H and O–H groups in total. The molecular weight excluding hydrogens is 274 g/mol. The fourth-order valence-electron chi connectivity index (χ4n) is 1.52. The zero-order valence-corrected chi connectivity index (χ0v) is 11.7. The zero-order chi connectivity index (χ0) is 14.4. The van der Waals surface area contributed by atoms with Crippen LogP contribution >= 0.6 is 11.8 Å². The number of nitrogens with zero attached hydrogens (tertiary/aromatic N) is 4. The number of carbonyl (C=O) groups is 1. The summed E-state index contributed by atoms with van der Waals surface area (Å²) >= 11 is 1.26. The van der Waals surface area contributed by atoms with Crippen LogP contribution in [0, 0.1) is 19.3 Å². The highest BCUT2D eigenvalue weighted by atomic mass is 32.2. The maximum absolute atomic E-state index is 11.5. The van der Waals surface area contributed by atoms with Gasteiger partial charge in [0.1, 0.15) is 0 Å². The Labute approximate surface area is 120 Å². The lowest BCUT2D eigenvalue weighted by atomic mass is 10.2. The molecule has 1 aromatic heterocycles. The molecular formula is C13H13N5OS. The fraction of sp³-hybridized carbons (Fsp3) is 0.231. The van der Waals surface area contributed by atoms with Crippen molar-refractivity contribution in [2.24, 2.45) is 0 Å². The Hall–Kier alpha value is -2.33. The third-order valence-corrected chi connectivity index (χ3v) is 3.33. The maximum atomic E-state index is 11.5. The van der Waals surface area contributed by atoms with Crippen LogP contribution in [0.15, 0.2) is 29.4 Å². The van der Waals surface area contributed by atoms with Gasteiger partial charge in [-0.3, -0.25) is 4.79 Å². The van der Waals surface area contributed by atoms with E-state index < -0.39 is 0 Å². The second-order valence-corrected chi connectivity index (χ2v) is 4.92. The molecule has 2 aromatic rings. The van der Waals surface area contributed by atoms with Crippen LogP contribution in [0.25, 0.3) is 5.69 Å². The second-order valence-electron chi connectivity index (χ2n) is 3.98. The maximum Gasteiger partial charge on any atom is 0.231 e. The average molecular weight is 287 g/mol. The molecule has 1 amide bonds. The lowest BCUT2D eigenvalue weighted by Gasteiger charge is -2.05. The third-order valence-electron chi connectivity index (χ3n) is 2.41. The van der Waals surface area contributed by atoms with E-state index in [4.69, 9.17) is 6.42 Å². The Morgan fingerprint density at radius 2 is 2.40 bits per heavy atom. The van der Waals surface area contributed by atoms with Crippen molar-refractivity contribution in [1.29, 1.82) is 0 Å². The zero-order valence-electron chi connectivity index (χ0n) is 10.9. The highest BCUT2D eigenvalue weighted by Crippen LogP contribution is 2.18. The molecule has 102 valence electrons. The van der Waals surface area contributed by atoms with Crippen LogP contribution in [0.5, 0.6) is 0 Å². The van der Waals surface area contributed by atoms with Crippen LogP contribution in [0.1, 0.15) is 5.56 Å². The van der Waals surface area contributed by atoms with E-state index in [1.165, 1.54) is 11.8 Å². The Morgan fingerprint density at radius 3 is 3.15 bits per heavy atom. The predicted molar refractivity (Wildman–Crippen MR) is 76.5 cm³/mol. The SMILES string of the molecule is C#CCNC(=O)CSc1nnnn1-c1cccc(C)c1. The summed E-state index contributed by atoms with van der Waals surface area (Å²) in [4.78, 5) is 11.5. The molecule has 20 heavy (non-hydrogen) atoms. The van der Waals surface area contributed by atoms with Crippen molar-refractivity contribution >= 4 is 17.7 Å². The van der Waals surface area contributed by atoms with E-state index >= 15 is 0 Å². The van der Waals surface area contributed by atoms with Crippen LogP contribution in [-0.2, 0) is 4.79 Å². The monoisotopic (exact) mass is 287 g/mol. The first kappa shape index (κ1) is 14.1. The molecule has 2 rings (SSSR count). The summed E-state index contributed by atoms with van der Waals surface area (Å²) in [6.45, 7) is 2.22. The van der Waals surface area contributed by atoms with Crippen molar-refractivity contribution in [2.45, 2.75) is 12.1 Å².